The Labute approximate surface area is 173 Å². The number of hydrogen-bond acceptors (Lipinski definition) is 5. The first-order chi connectivity index (χ1) is 13.9. The molecule has 8 heteroatoms. The second-order valence-electron chi connectivity index (χ2n) is 6.68. The summed E-state index contributed by atoms with van der Waals surface area (Å²) >= 11 is 5.82. The van der Waals surface area contributed by atoms with E-state index in [9.17, 15) is 9.18 Å². The molecule has 1 heterocycles. The quantitative estimate of drug-likeness (QED) is 0.613. The molecule has 2 N–H and O–H groups in total. The lowest BCUT2D eigenvalue weighted by Gasteiger charge is -2.11. The van der Waals surface area contributed by atoms with Crippen LogP contribution in [0.15, 0.2) is 54.9 Å². The number of carbonyl (C=O) groups is 1. The Morgan fingerprint density at radius 1 is 1.17 bits per heavy atom. The van der Waals surface area contributed by atoms with Crippen molar-refractivity contribution >= 4 is 29.0 Å². The minimum atomic E-state index is -0.488. The third-order valence-electron chi connectivity index (χ3n) is 4.09. The fourth-order valence-corrected chi connectivity index (χ4v) is 2.78. The Hall–Kier alpha value is -3.03. The van der Waals surface area contributed by atoms with Gasteiger partial charge < -0.3 is 15.5 Å². The summed E-state index contributed by atoms with van der Waals surface area (Å²) in [5.74, 6) is -0.152. The molecule has 6 nitrogen and oxygen atoms in total. The van der Waals surface area contributed by atoms with E-state index in [0.29, 0.717) is 29.3 Å². The predicted octanol–water partition coefficient (Wildman–Crippen LogP) is 3.97. The third kappa shape index (κ3) is 5.73. The molecule has 0 saturated heterocycles. The number of nitrogens with one attached hydrogen (secondary N) is 2. The summed E-state index contributed by atoms with van der Waals surface area (Å²) in [5, 5.41) is 5.96. The van der Waals surface area contributed by atoms with E-state index in [2.05, 4.69) is 20.6 Å². The maximum atomic E-state index is 13.3. The fourth-order valence-electron chi connectivity index (χ4n) is 2.60. The largest absolute Gasteiger partial charge is 0.351 e. The number of nitrogens with zero attached hydrogens (tertiary/aromatic N) is 3. The molecule has 0 bridgehead atoms. The standard InChI is InChI=1S/C21H21ClFN5O/c1-28(2)9-8-25-21(29)15-5-3-4-14(10-15)19-12-24-13-20(27-19)26-16-6-7-18(23)17(22)11-16/h3-7,10-13H,8-9H2,1-2H3,(H,25,29)(H,26,27). The molecule has 0 aliphatic carbocycles. The predicted molar refractivity (Wildman–Crippen MR) is 113 cm³/mol. The summed E-state index contributed by atoms with van der Waals surface area (Å²) in [5.41, 5.74) is 2.51. The molecule has 2 aromatic carbocycles. The molecular formula is C21H21ClFN5O. The van der Waals surface area contributed by atoms with Gasteiger partial charge in [-0.25, -0.2) is 9.37 Å². The normalized spacial score (nSPS) is 10.8. The Kier molecular flexibility index (Phi) is 6.74. The van der Waals surface area contributed by atoms with Crippen LogP contribution in [0.3, 0.4) is 0 Å². The van der Waals surface area contributed by atoms with E-state index >= 15 is 0 Å². The van der Waals surface area contributed by atoms with Crippen molar-refractivity contribution in [3.63, 3.8) is 0 Å². The highest BCUT2D eigenvalue weighted by Crippen LogP contribution is 2.24. The summed E-state index contributed by atoms with van der Waals surface area (Å²) < 4.78 is 13.3. The van der Waals surface area contributed by atoms with Crippen molar-refractivity contribution in [1.82, 2.24) is 20.2 Å². The van der Waals surface area contributed by atoms with Gasteiger partial charge in [0.1, 0.15) is 11.6 Å². The number of anilines is 2. The molecular weight excluding hydrogens is 393 g/mol. The molecule has 0 radical (unpaired) electrons. The van der Waals surface area contributed by atoms with E-state index in [1.54, 1.807) is 36.7 Å². The maximum Gasteiger partial charge on any atom is 0.251 e. The number of hydrogen-bond donors (Lipinski definition) is 2. The van der Waals surface area contributed by atoms with Gasteiger partial charge in [-0.05, 0) is 44.4 Å². The van der Waals surface area contributed by atoms with Crippen molar-refractivity contribution in [2.75, 3.05) is 32.5 Å². The second kappa shape index (κ2) is 9.45. The summed E-state index contributed by atoms with van der Waals surface area (Å²) in [4.78, 5) is 23.1. The van der Waals surface area contributed by atoms with Crippen molar-refractivity contribution in [3.05, 3.63) is 71.3 Å². The van der Waals surface area contributed by atoms with Crippen LogP contribution in [0.5, 0.6) is 0 Å². The number of halogens is 2. The van der Waals surface area contributed by atoms with Gasteiger partial charge in [0.25, 0.3) is 5.91 Å². The van der Waals surface area contributed by atoms with Crippen LogP contribution < -0.4 is 10.6 Å². The molecule has 0 aliphatic rings. The fraction of sp³-hybridized carbons (Fsp3) is 0.190. The lowest BCUT2D eigenvalue weighted by atomic mass is 10.1. The number of rotatable bonds is 7. The average molecular weight is 414 g/mol. The molecule has 1 amide bonds. The van der Waals surface area contributed by atoms with Crippen LogP contribution in [0.1, 0.15) is 10.4 Å². The van der Waals surface area contributed by atoms with Crippen LogP contribution in [0.2, 0.25) is 5.02 Å². The van der Waals surface area contributed by atoms with Gasteiger partial charge in [-0.3, -0.25) is 9.78 Å². The number of carbonyl (C=O) groups excluding carboxylic acids is 1. The van der Waals surface area contributed by atoms with E-state index in [-0.39, 0.29) is 10.9 Å². The molecule has 3 rings (SSSR count). The summed E-state index contributed by atoms with van der Waals surface area (Å²) in [7, 11) is 3.90. The molecule has 0 spiro atoms. The first-order valence-electron chi connectivity index (χ1n) is 9.00. The number of aromatic nitrogens is 2. The molecule has 0 aliphatic heterocycles. The van der Waals surface area contributed by atoms with Crippen LogP contribution >= 0.6 is 11.6 Å². The Bertz CT molecular complexity index is 1010. The van der Waals surface area contributed by atoms with Gasteiger partial charge in [0, 0.05) is 29.9 Å². The first kappa shape index (κ1) is 20.7. The monoisotopic (exact) mass is 413 g/mol. The second-order valence-corrected chi connectivity index (χ2v) is 7.09. The number of benzene rings is 2. The molecule has 0 fully saturated rings. The molecule has 3 aromatic rings. The van der Waals surface area contributed by atoms with Crippen LogP contribution in [-0.4, -0.2) is 48.0 Å². The highest BCUT2D eigenvalue weighted by atomic mass is 35.5. The lowest BCUT2D eigenvalue weighted by molar-refractivity contribution is 0.0951. The molecule has 0 saturated carbocycles. The highest BCUT2D eigenvalue weighted by Gasteiger charge is 2.09. The SMILES string of the molecule is CN(C)CCNC(=O)c1cccc(-c2cncc(Nc3ccc(F)c(Cl)c3)n2)c1. The van der Waals surface area contributed by atoms with Crippen LogP contribution in [-0.2, 0) is 0 Å². The number of amides is 1. The van der Waals surface area contributed by atoms with E-state index in [1.165, 1.54) is 12.1 Å². The van der Waals surface area contributed by atoms with E-state index in [0.717, 1.165) is 12.1 Å². The van der Waals surface area contributed by atoms with Crippen molar-refractivity contribution < 1.29 is 9.18 Å². The Morgan fingerprint density at radius 2 is 2.00 bits per heavy atom. The lowest BCUT2D eigenvalue weighted by Crippen LogP contribution is -2.31. The Balaban J connectivity index is 1.76. The third-order valence-corrected chi connectivity index (χ3v) is 4.38. The Morgan fingerprint density at radius 3 is 2.76 bits per heavy atom. The van der Waals surface area contributed by atoms with Gasteiger partial charge in [-0.15, -0.1) is 0 Å². The molecule has 0 unspecified atom stereocenters. The van der Waals surface area contributed by atoms with Gasteiger partial charge in [0.2, 0.25) is 0 Å². The minimum Gasteiger partial charge on any atom is -0.351 e. The summed E-state index contributed by atoms with van der Waals surface area (Å²) in [6.45, 7) is 1.33. The molecule has 1 aromatic heterocycles. The topological polar surface area (TPSA) is 70.2 Å². The summed E-state index contributed by atoms with van der Waals surface area (Å²) in [6.07, 6.45) is 3.17. The van der Waals surface area contributed by atoms with Crippen LogP contribution in [0.4, 0.5) is 15.9 Å². The van der Waals surface area contributed by atoms with Gasteiger partial charge in [0.15, 0.2) is 0 Å². The van der Waals surface area contributed by atoms with Crippen molar-refractivity contribution in [2.45, 2.75) is 0 Å². The zero-order valence-electron chi connectivity index (χ0n) is 16.1. The minimum absolute atomic E-state index is 0.0205. The van der Waals surface area contributed by atoms with Gasteiger partial charge >= 0.3 is 0 Å². The van der Waals surface area contributed by atoms with Crippen LogP contribution in [0, 0.1) is 5.82 Å². The molecule has 150 valence electrons. The van der Waals surface area contributed by atoms with Crippen molar-refractivity contribution in [2.24, 2.45) is 0 Å². The van der Waals surface area contributed by atoms with E-state index in [1.807, 2.05) is 25.1 Å². The number of likely N-dealkylation sites (N-methyl/N-ethyl adjacent to an activating group) is 1. The van der Waals surface area contributed by atoms with Crippen molar-refractivity contribution in [3.8, 4) is 11.3 Å². The van der Waals surface area contributed by atoms with E-state index < -0.39 is 5.82 Å². The van der Waals surface area contributed by atoms with Gasteiger partial charge in [0.05, 0.1) is 23.1 Å². The van der Waals surface area contributed by atoms with Crippen molar-refractivity contribution in [1.29, 1.82) is 0 Å². The molecule has 29 heavy (non-hydrogen) atoms. The highest BCUT2D eigenvalue weighted by molar-refractivity contribution is 6.31. The average Bonchev–Trinajstić information content (AvgIpc) is 2.71. The molecule has 0 atom stereocenters. The van der Waals surface area contributed by atoms with E-state index in [4.69, 9.17) is 11.6 Å². The van der Waals surface area contributed by atoms with Gasteiger partial charge in [-0.2, -0.15) is 0 Å². The van der Waals surface area contributed by atoms with Crippen LogP contribution in [0.25, 0.3) is 11.3 Å². The smallest absolute Gasteiger partial charge is 0.251 e. The zero-order valence-corrected chi connectivity index (χ0v) is 16.9. The zero-order chi connectivity index (χ0) is 20.8. The van der Waals surface area contributed by atoms with Gasteiger partial charge in [-0.1, -0.05) is 23.7 Å². The summed E-state index contributed by atoms with van der Waals surface area (Å²) in [6, 6.07) is 11.5. The maximum absolute atomic E-state index is 13.3. The first-order valence-corrected chi connectivity index (χ1v) is 9.37.